The Hall–Kier alpha value is 0.240. The largest absolute Gasteiger partial charge is 0.335 e. The van der Waals surface area contributed by atoms with Crippen LogP contribution in [0.15, 0.2) is 6.20 Å². The van der Waals surface area contributed by atoms with Crippen LogP contribution >= 0.6 is 23.7 Å². The Morgan fingerprint density at radius 3 is 3.00 bits per heavy atom. The molecular weight excluding hydrogens is 114 g/mol. The van der Waals surface area contributed by atoms with E-state index in [4.69, 9.17) is 0 Å². The van der Waals surface area contributed by atoms with Crippen molar-refractivity contribution in [2.45, 2.75) is 0 Å². The molecule has 0 aliphatic carbocycles. The lowest BCUT2D eigenvalue weighted by Gasteiger charge is -1.99. The molecule has 3 heteroatoms. The highest BCUT2D eigenvalue weighted by Crippen LogP contribution is 2.12. The lowest BCUT2D eigenvalue weighted by Crippen LogP contribution is -1.93. The SMILES string of the molecule is [C]1=CNSCS1. The van der Waals surface area contributed by atoms with Crippen molar-refractivity contribution in [2.24, 2.45) is 0 Å². The van der Waals surface area contributed by atoms with E-state index in [1.807, 2.05) is 6.20 Å². The molecule has 1 heterocycles. The second-order valence-electron chi connectivity index (χ2n) is 0.787. The zero-order valence-electron chi connectivity index (χ0n) is 3.10. The molecule has 6 heavy (non-hydrogen) atoms. The molecule has 1 radical (unpaired) electrons. The summed E-state index contributed by atoms with van der Waals surface area (Å²) in [5.74, 6) is 0. The van der Waals surface area contributed by atoms with Crippen LogP contribution in [-0.2, 0) is 0 Å². The summed E-state index contributed by atoms with van der Waals surface area (Å²) in [6.45, 7) is 0. The fourth-order valence-electron chi connectivity index (χ4n) is 0.205. The van der Waals surface area contributed by atoms with Crippen molar-refractivity contribution in [3.05, 3.63) is 11.6 Å². The van der Waals surface area contributed by atoms with Gasteiger partial charge in [0.15, 0.2) is 0 Å². The van der Waals surface area contributed by atoms with Crippen molar-refractivity contribution in [2.75, 3.05) is 5.08 Å². The Kier molecular flexibility index (Phi) is 1.77. The van der Waals surface area contributed by atoms with Gasteiger partial charge in [-0.1, -0.05) is 0 Å². The summed E-state index contributed by atoms with van der Waals surface area (Å²) in [5.41, 5.74) is 0. The van der Waals surface area contributed by atoms with Crippen LogP contribution in [0.1, 0.15) is 0 Å². The van der Waals surface area contributed by atoms with Crippen molar-refractivity contribution in [3.8, 4) is 0 Å². The summed E-state index contributed by atoms with van der Waals surface area (Å²) >= 11 is 3.38. The highest BCUT2D eigenvalue weighted by Gasteiger charge is 1.86. The first kappa shape index (κ1) is 4.40. The van der Waals surface area contributed by atoms with Crippen LogP contribution in [0.4, 0.5) is 0 Å². The van der Waals surface area contributed by atoms with Gasteiger partial charge in [0.2, 0.25) is 0 Å². The van der Waals surface area contributed by atoms with Gasteiger partial charge in [0, 0.05) is 11.6 Å². The molecule has 0 aromatic heterocycles. The van der Waals surface area contributed by atoms with Crippen LogP contribution in [0.2, 0.25) is 0 Å². The minimum absolute atomic E-state index is 1.08. The van der Waals surface area contributed by atoms with Crippen molar-refractivity contribution in [1.82, 2.24) is 4.72 Å². The van der Waals surface area contributed by atoms with Gasteiger partial charge in [-0.05, 0) is 11.9 Å². The Morgan fingerprint density at radius 1 is 1.83 bits per heavy atom. The monoisotopic (exact) mass is 118 g/mol. The molecule has 0 unspecified atom stereocenters. The van der Waals surface area contributed by atoms with Crippen molar-refractivity contribution >= 4 is 23.7 Å². The van der Waals surface area contributed by atoms with E-state index in [2.05, 4.69) is 10.1 Å². The average Bonchev–Trinajstić information content (AvgIpc) is 1.72. The van der Waals surface area contributed by atoms with Crippen LogP contribution in [-0.4, -0.2) is 5.08 Å². The number of rotatable bonds is 0. The highest BCUT2D eigenvalue weighted by atomic mass is 32.2. The zero-order valence-corrected chi connectivity index (χ0v) is 4.73. The van der Waals surface area contributed by atoms with Gasteiger partial charge >= 0.3 is 0 Å². The molecule has 0 aromatic rings. The number of nitrogens with one attached hydrogen (secondary N) is 1. The molecule has 1 nitrogen and oxygen atoms in total. The molecule has 1 aliphatic rings. The fourth-order valence-corrected chi connectivity index (χ4v) is 1.34. The molecule has 1 rings (SSSR count). The molecule has 0 saturated heterocycles. The highest BCUT2D eigenvalue weighted by molar-refractivity contribution is 8.16. The standard InChI is InChI=1S/C3H4NS2/c1-2-5-3-6-4-1/h1,4H,3H2. The van der Waals surface area contributed by atoms with Crippen molar-refractivity contribution in [3.63, 3.8) is 0 Å². The van der Waals surface area contributed by atoms with Gasteiger partial charge in [0.25, 0.3) is 0 Å². The third-order valence-electron chi connectivity index (χ3n) is 0.402. The lowest BCUT2D eigenvalue weighted by molar-refractivity contribution is 1.42. The van der Waals surface area contributed by atoms with Gasteiger partial charge in [0.1, 0.15) is 0 Å². The minimum atomic E-state index is 1.08. The number of hydrogen-bond donors (Lipinski definition) is 1. The van der Waals surface area contributed by atoms with E-state index < -0.39 is 0 Å². The first-order valence-corrected chi connectivity index (χ1v) is 3.53. The van der Waals surface area contributed by atoms with Crippen LogP contribution in [0.3, 0.4) is 0 Å². The molecular formula is C3H4NS2. The van der Waals surface area contributed by atoms with Crippen LogP contribution in [0.25, 0.3) is 0 Å². The average molecular weight is 118 g/mol. The Bertz CT molecular complexity index is 53.8. The molecule has 0 saturated carbocycles. The van der Waals surface area contributed by atoms with Crippen LogP contribution in [0, 0.1) is 5.41 Å². The van der Waals surface area contributed by atoms with Gasteiger partial charge in [-0.15, -0.1) is 11.8 Å². The third kappa shape index (κ3) is 1.14. The van der Waals surface area contributed by atoms with Gasteiger partial charge in [-0.2, -0.15) is 0 Å². The van der Waals surface area contributed by atoms with Gasteiger partial charge in [0.05, 0.1) is 5.08 Å². The normalized spacial score (nSPS) is 20.0. The second-order valence-corrected chi connectivity index (χ2v) is 2.78. The van der Waals surface area contributed by atoms with Gasteiger partial charge in [-0.3, -0.25) is 0 Å². The van der Waals surface area contributed by atoms with Crippen LogP contribution in [0.5, 0.6) is 0 Å². The van der Waals surface area contributed by atoms with Crippen molar-refractivity contribution < 1.29 is 0 Å². The molecule has 1 N–H and O–H groups in total. The molecule has 0 spiro atoms. The maximum Gasteiger partial charge on any atom is 0.0638 e. The maximum absolute atomic E-state index is 2.94. The van der Waals surface area contributed by atoms with Gasteiger partial charge in [-0.25, -0.2) is 0 Å². The molecule has 0 bridgehead atoms. The Balaban J connectivity index is 2.26. The molecule has 0 fully saturated rings. The summed E-state index contributed by atoms with van der Waals surface area (Å²) in [5, 5.41) is 4.02. The fraction of sp³-hybridized carbons (Fsp3) is 0.333. The zero-order chi connectivity index (χ0) is 4.24. The van der Waals surface area contributed by atoms with Gasteiger partial charge < -0.3 is 4.72 Å². The van der Waals surface area contributed by atoms with E-state index in [1.165, 1.54) is 0 Å². The smallest absolute Gasteiger partial charge is 0.0638 e. The summed E-state index contributed by atoms with van der Waals surface area (Å²) in [6, 6.07) is 0. The van der Waals surface area contributed by atoms with Crippen molar-refractivity contribution in [1.29, 1.82) is 0 Å². The predicted octanol–water partition coefficient (Wildman–Crippen LogP) is 1.20. The third-order valence-corrected chi connectivity index (χ3v) is 1.91. The topological polar surface area (TPSA) is 12.0 Å². The first-order valence-electron chi connectivity index (χ1n) is 1.56. The summed E-state index contributed by atoms with van der Waals surface area (Å²) in [4.78, 5) is 0. The van der Waals surface area contributed by atoms with Crippen LogP contribution < -0.4 is 4.72 Å². The lowest BCUT2D eigenvalue weighted by atomic mass is 11.1. The number of thioether (sulfide) groups is 1. The summed E-state index contributed by atoms with van der Waals surface area (Å²) in [7, 11) is 0. The number of hydrogen-bond acceptors (Lipinski definition) is 3. The van der Waals surface area contributed by atoms with E-state index in [0.29, 0.717) is 0 Å². The minimum Gasteiger partial charge on any atom is -0.335 e. The molecule has 0 atom stereocenters. The Labute approximate surface area is 45.7 Å². The van der Waals surface area contributed by atoms with E-state index >= 15 is 0 Å². The predicted molar refractivity (Wildman–Crippen MR) is 31.0 cm³/mol. The molecule has 0 amide bonds. The van der Waals surface area contributed by atoms with E-state index in [9.17, 15) is 0 Å². The van der Waals surface area contributed by atoms with E-state index in [0.717, 1.165) is 5.08 Å². The Morgan fingerprint density at radius 2 is 2.83 bits per heavy atom. The van der Waals surface area contributed by atoms with E-state index in [1.54, 1.807) is 23.7 Å². The maximum atomic E-state index is 2.94. The molecule has 33 valence electrons. The quantitative estimate of drug-likeness (QED) is 0.480. The summed E-state index contributed by atoms with van der Waals surface area (Å²) < 4.78 is 2.94. The summed E-state index contributed by atoms with van der Waals surface area (Å²) in [6.07, 6.45) is 1.82. The van der Waals surface area contributed by atoms with E-state index in [-0.39, 0.29) is 0 Å². The molecule has 1 aliphatic heterocycles. The second kappa shape index (κ2) is 2.42. The first-order chi connectivity index (χ1) is 3.00. The molecule has 0 aromatic carbocycles.